The molecule has 6 aliphatic rings. The van der Waals surface area contributed by atoms with Gasteiger partial charge in [-0.2, -0.15) is 0 Å². The first kappa shape index (κ1) is 23.4. The third-order valence-corrected chi connectivity index (χ3v) is 9.77. The number of hydrogen-bond donors (Lipinski definition) is 1. The van der Waals surface area contributed by atoms with Crippen LogP contribution in [-0.4, -0.2) is 83.8 Å². The highest BCUT2D eigenvalue weighted by Gasteiger charge is 2.51. The average Bonchev–Trinajstić information content (AvgIpc) is 2.87. The van der Waals surface area contributed by atoms with Crippen molar-refractivity contribution in [3.05, 3.63) is 47.5 Å². The first-order valence-electron chi connectivity index (χ1n) is 14.1. The Morgan fingerprint density at radius 1 is 0.784 bits per heavy atom. The number of amides is 3. The van der Waals surface area contributed by atoms with Crippen LogP contribution in [0.5, 0.6) is 0 Å². The van der Waals surface area contributed by atoms with Crippen molar-refractivity contribution in [2.45, 2.75) is 44.1 Å². The van der Waals surface area contributed by atoms with Crippen LogP contribution in [0.2, 0.25) is 0 Å². The van der Waals surface area contributed by atoms with Crippen LogP contribution < -0.4 is 5.32 Å². The fourth-order valence-electron chi connectivity index (χ4n) is 8.50. The zero-order chi connectivity index (χ0) is 25.1. The summed E-state index contributed by atoms with van der Waals surface area (Å²) in [5.41, 5.74) is 1.30. The molecule has 2 heterocycles. The molecule has 3 amide bonds. The summed E-state index contributed by atoms with van der Waals surface area (Å²) in [6.45, 7) is 4.86. The lowest BCUT2D eigenvalue weighted by Gasteiger charge is -2.57. The molecule has 0 radical (unpaired) electrons. The molecule has 1 N–H and O–H groups in total. The van der Waals surface area contributed by atoms with Crippen molar-refractivity contribution in [1.82, 2.24) is 20.0 Å². The van der Waals surface area contributed by atoms with Crippen LogP contribution in [0.4, 0.5) is 0 Å². The number of benzene rings is 2. The Bertz CT molecular complexity index is 1180. The Kier molecular flexibility index (Phi) is 5.63. The molecule has 7 nitrogen and oxygen atoms in total. The zero-order valence-corrected chi connectivity index (χ0v) is 21.5. The van der Waals surface area contributed by atoms with Crippen LogP contribution in [0.3, 0.4) is 0 Å². The molecule has 4 bridgehead atoms. The Morgan fingerprint density at radius 2 is 1.32 bits per heavy atom. The van der Waals surface area contributed by atoms with E-state index in [1.54, 1.807) is 0 Å². The normalized spacial score (nSPS) is 31.4. The van der Waals surface area contributed by atoms with E-state index in [9.17, 15) is 14.4 Å². The molecule has 0 aromatic heterocycles. The van der Waals surface area contributed by atoms with E-state index in [-0.39, 0.29) is 23.3 Å². The second-order valence-corrected chi connectivity index (χ2v) is 12.3. The molecule has 8 rings (SSSR count). The van der Waals surface area contributed by atoms with Gasteiger partial charge in [-0.15, -0.1) is 0 Å². The van der Waals surface area contributed by atoms with E-state index >= 15 is 0 Å². The van der Waals surface area contributed by atoms with Gasteiger partial charge in [0.05, 0.1) is 6.54 Å². The second kappa shape index (κ2) is 8.91. The number of carbonyl (C=O) groups excluding carboxylic acids is 3. The Hall–Kier alpha value is -2.77. The number of nitrogens with one attached hydrogen (secondary N) is 1. The van der Waals surface area contributed by atoms with E-state index in [1.165, 1.54) is 43.4 Å². The maximum Gasteiger partial charge on any atom is 0.261 e. The van der Waals surface area contributed by atoms with Crippen molar-refractivity contribution in [2.75, 3.05) is 45.8 Å². The van der Waals surface area contributed by atoms with Gasteiger partial charge in [0.15, 0.2) is 0 Å². The molecule has 37 heavy (non-hydrogen) atoms. The van der Waals surface area contributed by atoms with E-state index in [1.807, 2.05) is 36.4 Å². The van der Waals surface area contributed by atoms with E-state index in [2.05, 4.69) is 15.1 Å². The van der Waals surface area contributed by atoms with Gasteiger partial charge in [-0.1, -0.05) is 24.3 Å². The Morgan fingerprint density at radius 3 is 1.89 bits per heavy atom. The van der Waals surface area contributed by atoms with Crippen molar-refractivity contribution in [3.63, 3.8) is 0 Å². The number of hydrogen-bond acceptors (Lipinski definition) is 5. The van der Waals surface area contributed by atoms with Crippen LogP contribution >= 0.6 is 0 Å². The summed E-state index contributed by atoms with van der Waals surface area (Å²) < 4.78 is 0. The summed E-state index contributed by atoms with van der Waals surface area (Å²) in [5, 5.41) is 5.21. The summed E-state index contributed by atoms with van der Waals surface area (Å²) in [7, 11) is 0. The average molecular weight is 501 g/mol. The van der Waals surface area contributed by atoms with Gasteiger partial charge < -0.3 is 5.32 Å². The van der Waals surface area contributed by atoms with Gasteiger partial charge >= 0.3 is 0 Å². The van der Waals surface area contributed by atoms with Crippen LogP contribution in [0.1, 0.15) is 59.2 Å². The maximum absolute atomic E-state index is 13.2. The van der Waals surface area contributed by atoms with Crippen molar-refractivity contribution in [2.24, 2.45) is 17.8 Å². The van der Waals surface area contributed by atoms with Gasteiger partial charge in [0.25, 0.3) is 11.8 Å². The topological polar surface area (TPSA) is 73.0 Å². The van der Waals surface area contributed by atoms with Gasteiger partial charge in [0, 0.05) is 61.3 Å². The molecule has 5 fully saturated rings. The standard InChI is InChI=1S/C30H36N4O3/c35-26(31-30-16-20-13-21(17-30)15-22(14-20)18-30)19-33-9-7-32(8-10-33)11-12-34-28(36)24-5-1-3-23-4-2-6-25(27(23)24)29(34)37/h1-6,20-22H,7-19H2,(H,31,35). The van der Waals surface area contributed by atoms with Crippen molar-refractivity contribution in [1.29, 1.82) is 0 Å². The molecular weight excluding hydrogens is 464 g/mol. The summed E-state index contributed by atoms with van der Waals surface area (Å²) in [6, 6.07) is 11.3. The Balaban J connectivity index is 0.914. The minimum atomic E-state index is -0.200. The van der Waals surface area contributed by atoms with E-state index < -0.39 is 0 Å². The van der Waals surface area contributed by atoms with Gasteiger partial charge in [0.1, 0.15) is 0 Å². The van der Waals surface area contributed by atoms with Crippen molar-refractivity contribution >= 4 is 28.5 Å². The first-order valence-corrected chi connectivity index (χ1v) is 14.1. The number of nitrogens with zero attached hydrogens (tertiary/aromatic N) is 3. The van der Waals surface area contributed by atoms with Crippen LogP contribution in [-0.2, 0) is 4.79 Å². The molecule has 1 saturated heterocycles. The highest BCUT2D eigenvalue weighted by atomic mass is 16.2. The SMILES string of the molecule is O=C(CN1CCN(CCN2C(=O)c3cccc4cccc(c34)C2=O)CC1)NC12CC3CC(CC(C3)C1)C2. The molecule has 2 aliphatic heterocycles. The molecule has 0 spiro atoms. The number of piperazine rings is 1. The highest BCUT2D eigenvalue weighted by molar-refractivity contribution is 6.25. The van der Waals surface area contributed by atoms with Gasteiger partial charge in [-0.3, -0.25) is 29.1 Å². The molecule has 2 aromatic rings. The third-order valence-electron chi connectivity index (χ3n) is 9.77. The Labute approximate surface area is 218 Å². The molecule has 4 saturated carbocycles. The molecule has 2 aromatic carbocycles. The second-order valence-electron chi connectivity index (χ2n) is 12.3. The fraction of sp³-hybridized carbons (Fsp3) is 0.567. The summed E-state index contributed by atoms with van der Waals surface area (Å²) in [5.74, 6) is 2.27. The molecule has 0 atom stereocenters. The molecule has 7 heteroatoms. The van der Waals surface area contributed by atoms with Crippen LogP contribution in [0.15, 0.2) is 36.4 Å². The van der Waals surface area contributed by atoms with Crippen LogP contribution in [0, 0.1) is 17.8 Å². The van der Waals surface area contributed by atoms with E-state index in [0.29, 0.717) is 30.8 Å². The predicted molar refractivity (Wildman–Crippen MR) is 141 cm³/mol. The zero-order valence-electron chi connectivity index (χ0n) is 21.5. The van der Waals surface area contributed by atoms with Crippen LogP contribution in [0.25, 0.3) is 10.8 Å². The monoisotopic (exact) mass is 500 g/mol. The summed E-state index contributed by atoms with van der Waals surface area (Å²) >= 11 is 0. The lowest BCUT2D eigenvalue weighted by Crippen LogP contribution is -2.61. The minimum Gasteiger partial charge on any atom is -0.350 e. The van der Waals surface area contributed by atoms with Crippen molar-refractivity contribution in [3.8, 4) is 0 Å². The fourth-order valence-corrected chi connectivity index (χ4v) is 8.50. The van der Waals surface area contributed by atoms with Gasteiger partial charge in [0.2, 0.25) is 5.91 Å². The molecular formula is C30H36N4O3. The lowest BCUT2D eigenvalue weighted by molar-refractivity contribution is -0.128. The number of carbonyl (C=O) groups is 3. The minimum absolute atomic E-state index is 0.0735. The summed E-state index contributed by atoms with van der Waals surface area (Å²) in [4.78, 5) is 45.3. The maximum atomic E-state index is 13.2. The highest BCUT2D eigenvalue weighted by Crippen LogP contribution is 2.55. The number of rotatable bonds is 6. The summed E-state index contributed by atoms with van der Waals surface area (Å²) in [6.07, 6.45) is 7.71. The van der Waals surface area contributed by atoms with E-state index in [4.69, 9.17) is 0 Å². The number of imide groups is 1. The lowest BCUT2D eigenvalue weighted by atomic mass is 9.53. The third kappa shape index (κ3) is 4.16. The molecule has 4 aliphatic carbocycles. The predicted octanol–water partition coefficient (Wildman–Crippen LogP) is 3.14. The van der Waals surface area contributed by atoms with Crippen molar-refractivity contribution < 1.29 is 14.4 Å². The van der Waals surface area contributed by atoms with Gasteiger partial charge in [-0.05, 0) is 73.8 Å². The van der Waals surface area contributed by atoms with E-state index in [0.717, 1.165) is 54.7 Å². The quantitative estimate of drug-likeness (QED) is 0.617. The smallest absolute Gasteiger partial charge is 0.261 e. The van der Waals surface area contributed by atoms with Gasteiger partial charge in [-0.25, -0.2) is 0 Å². The first-order chi connectivity index (χ1) is 18.0. The molecule has 0 unspecified atom stereocenters. The largest absolute Gasteiger partial charge is 0.350 e. The molecule has 194 valence electrons.